The molecule has 0 saturated carbocycles. The van der Waals surface area contributed by atoms with Crippen molar-refractivity contribution in [2.24, 2.45) is 7.05 Å². The maximum Gasteiger partial charge on any atom is 0.156 e. The van der Waals surface area contributed by atoms with E-state index in [1.54, 1.807) is 13.4 Å². The molecule has 0 spiro atoms. The molecule has 3 aromatic rings. The summed E-state index contributed by atoms with van der Waals surface area (Å²) >= 11 is 0. The van der Waals surface area contributed by atoms with Crippen molar-refractivity contribution in [3.8, 4) is 5.75 Å². The van der Waals surface area contributed by atoms with Crippen molar-refractivity contribution in [3.05, 3.63) is 24.5 Å². The van der Waals surface area contributed by atoms with Crippen molar-refractivity contribution in [1.82, 2.24) is 14.5 Å². The van der Waals surface area contributed by atoms with E-state index in [1.807, 2.05) is 6.07 Å². The molecule has 2 aromatic heterocycles. The fraction of sp³-hybridized carbons (Fsp3) is 0.375. The first-order valence-corrected chi connectivity index (χ1v) is 7.31. The molecule has 1 aliphatic heterocycles. The molecule has 5 nitrogen and oxygen atoms in total. The van der Waals surface area contributed by atoms with Gasteiger partial charge in [0.25, 0.3) is 0 Å². The Morgan fingerprint density at radius 2 is 1.95 bits per heavy atom. The van der Waals surface area contributed by atoms with Gasteiger partial charge in [0.1, 0.15) is 23.1 Å². The molecule has 5 heteroatoms. The second-order valence-corrected chi connectivity index (χ2v) is 5.53. The average molecular weight is 282 g/mol. The third-order valence-corrected chi connectivity index (χ3v) is 4.36. The molecule has 0 atom stereocenters. The van der Waals surface area contributed by atoms with Gasteiger partial charge >= 0.3 is 0 Å². The van der Waals surface area contributed by atoms with Crippen molar-refractivity contribution in [1.29, 1.82) is 0 Å². The monoisotopic (exact) mass is 282 g/mol. The lowest BCUT2D eigenvalue weighted by atomic mass is 10.2. The maximum absolute atomic E-state index is 5.35. The summed E-state index contributed by atoms with van der Waals surface area (Å²) in [6.07, 6.45) is 4.15. The Balaban J connectivity index is 2.05. The van der Waals surface area contributed by atoms with Gasteiger partial charge in [0, 0.05) is 25.5 Å². The van der Waals surface area contributed by atoms with Gasteiger partial charge in [0.15, 0.2) is 5.82 Å². The molecule has 108 valence electrons. The van der Waals surface area contributed by atoms with E-state index in [4.69, 9.17) is 4.74 Å². The van der Waals surface area contributed by atoms with Crippen LogP contribution in [0.5, 0.6) is 5.75 Å². The van der Waals surface area contributed by atoms with E-state index in [1.165, 1.54) is 12.8 Å². The van der Waals surface area contributed by atoms with E-state index in [-0.39, 0.29) is 0 Å². The number of nitrogens with zero attached hydrogens (tertiary/aromatic N) is 4. The van der Waals surface area contributed by atoms with Gasteiger partial charge in [-0.2, -0.15) is 0 Å². The number of rotatable bonds is 2. The molecule has 1 saturated heterocycles. The smallest absolute Gasteiger partial charge is 0.156 e. The van der Waals surface area contributed by atoms with Crippen LogP contribution in [0.15, 0.2) is 24.5 Å². The fourth-order valence-corrected chi connectivity index (χ4v) is 3.28. The zero-order valence-corrected chi connectivity index (χ0v) is 12.3. The lowest BCUT2D eigenvalue weighted by Crippen LogP contribution is -2.20. The van der Waals surface area contributed by atoms with Gasteiger partial charge in [-0.3, -0.25) is 0 Å². The number of fused-ring (bicyclic) bond motifs is 3. The minimum atomic E-state index is 0.858. The van der Waals surface area contributed by atoms with Crippen molar-refractivity contribution in [3.63, 3.8) is 0 Å². The van der Waals surface area contributed by atoms with Crippen LogP contribution < -0.4 is 9.64 Å². The molecule has 1 aliphatic rings. The van der Waals surface area contributed by atoms with Crippen LogP contribution in [0.25, 0.3) is 21.9 Å². The van der Waals surface area contributed by atoms with Crippen LogP contribution in [0.3, 0.4) is 0 Å². The number of aryl methyl sites for hydroxylation is 1. The molecule has 0 radical (unpaired) electrons. The van der Waals surface area contributed by atoms with Crippen molar-refractivity contribution in [2.75, 3.05) is 25.1 Å². The zero-order chi connectivity index (χ0) is 14.4. The van der Waals surface area contributed by atoms with Crippen LogP contribution in [-0.2, 0) is 7.05 Å². The third-order valence-electron chi connectivity index (χ3n) is 4.36. The lowest BCUT2D eigenvalue weighted by molar-refractivity contribution is 0.415. The third kappa shape index (κ3) is 1.77. The van der Waals surface area contributed by atoms with Gasteiger partial charge < -0.3 is 14.2 Å². The summed E-state index contributed by atoms with van der Waals surface area (Å²) < 4.78 is 7.54. The summed E-state index contributed by atoms with van der Waals surface area (Å²) in [6, 6.07) is 6.13. The summed E-state index contributed by atoms with van der Waals surface area (Å²) in [5, 5.41) is 1.12. The Bertz CT molecular complexity index is 818. The number of aromatic nitrogens is 3. The minimum absolute atomic E-state index is 0.858. The first kappa shape index (κ1) is 12.4. The summed E-state index contributed by atoms with van der Waals surface area (Å²) in [5.74, 6) is 1.91. The van der Waals surface area contributed by atoms with Crippen molar-refractivity contribution >= 4 is 27.8 Å². The van der Waals surface area contributed by atoms with Crippen LogP contribution in [-0.4, -0.2) is 34.7 Å². The fourth-order valence-electron chi connectivity index (χ4n) is 3.28. The highest BCUT2D eigenvalue weighted by Gasteiger charge is 2.20. The van der Waals surface area contributed by atoms with E-state index >= 15 is 0 Å². The number of hydrogen-bond donors (Lipinski definition) is 0. The van der Waals surface area contributed by atoms with E-state index in [0.29, 0.717) is 0 Å². The molecule has 0 aliphatic carbocycles. The molecule has 1 fully saturated rings. The molecule has 4 rings (SSSR count). The Labute approximate surface area is 123 Å². The molecule has 21 heavy (non-hydrogen) atoms. The van der Waals surface area contributed by atoms with Crippen LogP contribution in [0, 0.1) is 0 Å². The normalized spacial score (nSPS) is 15.2. The standard InChI is InChI=1S/C16H18N4O/c1-19-13-6-5-11(21-2)9-12(13)14-15(19)16(18-10-17-14)20-7-3-4-8-20/h5-6,9-10H,3-4,7-8H2,1-2H3. The van der Waals surface area contributed by atoms with Gasteiger partial charge in [-0.15, -0.1) is 0 Å². The predicted octanol–water partition coefficient (Wildman–Crippen LogP) is 2.73. The number of hydrogen-bond acceptors (Lipinski definition) is 4. The molecule has 1 aromatic carbocycles. The Morgan fingerprint density at radius 3 is 2.71 bits per heavy atom. The highest BCUT2D eigenvalue weighted by atomic mass is 16.5. The summed E-state index contributed by atoms with van der Waals surface area (Å²) in [4.78, 5) is 11.4. The molecular formula is C16H18N4O. The van der Waals surface area contributed by atoms with E-state index in [9.17, 15) is 0 Å². The topological polar surface area (TPSA) is 43.2 Å². The number of benzene rings is 1. The zero-order valence-electron chi connectivity index (χ0n) is 12.3. The van der Waals surface area contributed by atoms with Crippen LogP contribution in [0.2, 0.25) is 0 Å². The summed E-state index contributed by atoms with van der Waals surface area (Å²) in [6.45, 7) is 2.16. The number of ether oxygens (including phenoxy) is 1. The summed E-state index contributed by atoms with van der Waals surface area (Å²) in [5.41, 5.74) is 3.28. The number of anilines is 1. The molecule has 3 heterocycles. The maximum atomic E-state index is 5.35. The van der Waals surface area contributed by atoms with E-state index in [0.717, 1.165) is 46.6 Å². The van der Waals surface area contributed by atoms with Crippen molar-refractivity contribution in [2.45, 2.75) is 12.8 Å². The summed E-state index contributed by atoms with van der Waals surface area (Å²) in [7, 11) is 3.77. The van der Waals surface area contributed by atoms with Gasteiger partial charge in [-0.05, 0) is 31.0 Å². The lowest BCUT2D eigenvalue weighted by Gasteiger charge is -2.17. The molecule has 0 unspecified atom stereocenters. The predicted molar refractivity (Wildman–Crippen MR) is 84.0 cm³/mol. The van der Waals surface area contributed by atoms with Crippen LogP contribution >= 0.6 is 0 Å². The Kier molecular flexibility index (Phi) is 2.74. The SMILES string of the molecule is COc1ccc2c(c1)c1ncnc(N3CCCC3)c1n2C. The van der Waals surface area contributed by atoms with Crippen LogP contribution in [0.4, 0.5) is 5.82 Å². The quantitative estimate of drug-likeness (QED) is 0.725. The first-order chi connectivity index (χ1) is 10.3. The van der Waals surface area contributed by atoms with E-state index < -0.39 is 0 Å². The Morgan fingerprint density at radius 1 is 1.14 bits per heavy atom. The number of methoxy groups -OCH3 is 1. The first-order valence-electron chi connectivity index (χ1n) is 7.31. The van der Waals surface area contributed by atoms with Crippen LogP contribution in [0.1, 0.15) is 12.8 Å². The second kappa shape index (κ2) is 4.62. The molecule has 0 amide bonds. The largest absolute Gasteiger partial charge is 0.497 e. The average Bonchev–Trinajstić information content (AvgIpc) is 3.15. The minimum Gasteiger partial charge on any atom is -0.497 e. The highest BCUT2D eigenvalue weighted by molar-refractivity contribution is 6.09. The van der Waals surface area contributed by atoms with Crippen molar-refractivity contribution < 1.29 is 4.74 Å². The van der Waals surface area contributed by atoms with E-state index in [2.05, 4.69) is 38.6 Å². The molecule has 0 N–H and O–H groups in total. The second-order valence-electron chi connectivity index (χ2n) is 5.53. The van der Waals surface area contributed by atoms with Gasteiger partial charge in [-0.25, -0.2) is 9.97 Å². The Hall–Kier alpha value is -2.30. The van der Waals surface area contributed by atoms with Gasteiger partial charge in [0.2, 0.25) is 0 Å². The molecular weight excluding hydrogens is 264 g/mol. The van der Waals surface area contributed by atoms with Gasteiger partial charge in [-0.1, -0.05) is 0 Å². The highest BCUT2D eigenvalue weighted by Crippen LogP contribution is 2.34. The molecule has 0 bridgehead atoms. The van der Waals surface area contributed by atoms with Gasteiger partial charge in [0.05, 0.1) is 12.6 Å².